The lowest BCUT2D eigenvalue weighted by Crippen LogP contribution is -2.16. The topological polar surface area (TPSA) is 22.4 Å². The molecule has 0 fully saturated rings. The molecule has 0 aliphatic carbocycles. The van der Waals surface area contributed by atoms with Crippen molar-refractivity contribution < 1.29 is 9.15 Å². The predicted octanol–water partition coefficient (Wildman–Crippen LogP) is -0.322. The minimum absolute atomic E-state index is 0.258. The summed E-state index contributed by atoms with van der Waals surface area (Å²) in [5, 5.41) is 1.12. The third-order valence-electron chi connectivity index (χ3n) is 1.13. The summed E-state index contributed by atoms with van der Waals surface area (Å²) in [5.74, 6) is 0. The summed E-state index contributed by atoms with van der Waals surface area (Å²) in [6, 6.07) is 3.92. The first kappa shape index (κ1) is 6.58. The van der Waals surface area contributed by atoms with Crippen LogP contribution in [0.25, 0.3) is 0 Å². The summed E-state index contributed by atoms with van der Waals surface area (Å²) in [4.78, 5) is 0. The van der Waals surface area contributed by atoms with E-state index in [0.29, 0.717) is 0 Å². The molecule has 2 nitrogen and oxygen atoms in total. The standard InChI is InChI=1S/C6H10O2Si/c1-7-5-9-6-3-2-4-8-6/h2-4H,5,9H2,1H3. The first-order valence-corrected chi connectivity index (χ1v) is 4.65. The molecule has 0 aliphatic heterocycles. The van der Waals surface area contributed by atoms with Crippen molar-refractivity contribution in [2.45, 2.75) is 0 Å². The van der Waals surface area contributed by atoms with Gasteiger partial charge in [0.2, 0.25) is 0 Å². The van der Waals surface area contributed by atoms with Crippen LogP contribution in [0, 0.1) is 0 Å². The van der Waals surface area contributed by atoms with E-state index >= 15 is 0 Å². The van der Waals surface area contributed by atoms with Gasteiger partial charge in [-0.25, -0.2) is 0 Å². The van der Waals surface area contributed by atoms with E-state index in [2.05, 4.69) is 0 Å². The summed E-state index contributed by atoms with van der Waals surface area (Å²) in [7, 11) is 1.46. The monoisotopic (exact) mass is 142 g/mol. The highest BCUT2D eigenvalue weighted by atomic mass is 28.2. The SMILES string of the molecule is COC[SiH2]c1ccco1. The van der Waals surface area contributed by atoms with Crippen LogP contribution in [0.3, 0.4) is 0 Å². The summed E-state index contributed by atoms with van der Waals surface area (Å²) < 4.78 is 10.0. The van der Waals surface area contributed by atoms with Crippen molar-refractivity contribution >= 4 is 14.9 Å². The molecule has 1 aromatic rings. The highest BCUT2D eigenvalue weighted by Gasteiger charge is 1.93. The van der Waals surface area contributed by atoms with E-state index in [1.807, 2.05) is 12.1 Å². The molecule has 0 aromatic carbocycles. The second-order valence-corrected chi connectivity index (χ2v) is 3.43. The van der Waals surface area contributed by atoms with Crippen LogP contribution in [0.1, 0.15) is 0 Å². The van der Waals surface area contributed by atoms with Gasteiger partial charge in [-0.2, -0.15) is 0 Å². The van der Waals surface area contributed by atoms with E-state index in [0.717, 1.165) is 11.6 Å². The minimum atomic E-state index is -0.258. The van der Waals surface area contributed by atoms with Gasteiger partial charge in [0.15, 0.2) is 0 Å². The van der Waals surface area contributed by atoms with E-state index in [1.54, 1.807) is 13.4 Å². The molecule has 0 unspecified atom stereocenters. The van der Waals surface area contributed by atoms with Crippen molar-refractivity contribution in [2.24, 2.45) is 0 Å². The van der Waals surface area contributed by atoms with Crippen LogP contribution in [-0.4, -0.2) is 22.9 Å². The Labute approximate surface area is 56.6 Å². The van der Waals surface area contributed by atoms with Gasteiger partial charge >= 0.3 is 0 Å². The maximum absolute atomic E-state index is 5.12. The Morgan fingerprint density at radius 2 is 2.67 bits per heavy atom. The quantitative estimate of drug-likeness (QED) is 0.540. The molecule has 0 spiro atoms. The van der Waals surface area contributed by atoms with Crippen LogP contribution in [0.15, 0.2) is 22.8 Å². The van der Waals surface area contributed by atoms with E-state index in [9.17, 15) is 0 Å². The van der Waals surface area contributed by atoms with Gasteiger partial charge in [0.05, 0.1) is 11.6 Å². The molecule has 1 aromatic heterocycles. The molecular weight excluding hydrogens is 132 g/mol. The first-order chi connectivity index (χ1) is 4.43. The Bertz CT molecular complexity index is 148. The molecule has 1 rings (SSSR count). The highest BCUT2D eigenvalue weighted by molar-refractivity contribution is 6.51. The molecule has 0 bridgehead atoms. The van der Waals surface area contributed by atoms with Crippen molar-refractivity contribution in [3.05, 3.63) is 18.4 Å². The lowest BCUT2D eigenvalue weighted by molar-refractivity contribution is 0.252. The smallest absolute Gasteiger partial charge is 0.129 e. The first-order valence-electron chi connectivity index (χ1n) is 2.95. The van der Waals surface area contributed by atoms with Crippen LogP contribution in [0.5, 0.6) is 0 Å². The van der Waals surface area contributed by atoms with Crippen molar-refractivity contribution in [2.75, 3.05) is 13.3 Å². The van der Waals surface area contributed by atoms with E-state index in [1.165, 1.54) is 0 Å². The van der Waals surface area contributed by atoms with Gasteiger partial charge in [0, 0.05) is 13.3 Å². The second kappa shape index (κ2) is 3.48. The Morgan fingerprint density at radius 1 is 1.78 bits per heavy atom. The number of methoxy groups -OCH3 is 1. The molecule has 0 saturated heterocycles. The van der Waals surface area contributed by atoms with Crippen LogP contribution in [-0.2, 0) is 4.74 Å². The fourth-order valence-corrected chi connectivity index (χ4v) is 1.58. The normalized spacial score (nSPS) is 11.2. The molecule has 9 heavy (non-hydrogen) atoms. The zero-order valence-electron chi connectivity index (χ0n) is 5.46. The summed E-state index contributed by atoms with van der Waals surface area (Å²) >= 11 is 0. The predicted molar refractivity (Wildman–Crippen MR) is 38.8 cm³/mol. The van der Waals surface area contributed by atoms with Crippen molar-refractivity contribution in [1.82, 2.24) is 0 Å². The number of rotatable bonds is 3. The lowest BCUT2D eigenvalue weighted by Gasteiger charge is -1.91. The number of hydrogen-bond donors (Lipinski definition) is 0. The third kappa shape index (κ3) is 2.03. The Kier molecular flexibility index (Phi) is 2.54. The summed E-state index contributed by atoms with van der Waals surface area (Å²) in [6.45, 7) is 0. The number of furan rings is 1. The maximum atomic E-state index is 5.12. The lowest BCUT2D eigenvalue weighted by atomic mass is 10.7. The average Bonchev–Trinajstić information content (AvgIpc) is 2.34. The molecule has 0 aliphatic rings. The van der Waals surface area contributed by atoms with E-state index in [4.69, 9.17) is 9.15 Å². The molecule has 0 atom stereocenters. The van der Waals surface area contributed by atoms with Gasteiger partial charge in [-0.15, -0.1) is 0 Å². The second-order valence-electron chi connectivity index (χ2n) is 1.82. The molecule has 1 heterocycles. The van der Waals surface area contributed by atoms with Crippen molar-refractivity contribution in [1.29, 1.82) is 0 Å². The molecule has 3 heteroatoms. The van der Waals surface area contributed by atoms with Crippen LogP contribution in [0.4, 0.5) is 0 Å². The molecule has 0 N–H and O–H groups in total. The Hall–Kier alpha value is -0.543. The van der Waals surface area contributed by atoms with Crippen molar-refractivity contribution in [3.8, 4) is 0 Å². The van der Waals surface area contributed by atoms with Crippen LogP contribution in [0.2, 0.25) is 0 Å². The van der Waals surface area contributed by atoms with Gasteiger partial charge in [-0.3, -0.25) is 0 Å². The Balaban J connectivity index is 2.30. The van der Waals surface area contributed by atoms with E-state index in [-0.39, 0.29) is 9.52 Å². The van der Waals surface area contributed by atoms with Gasteiger partial charge in [-0.05, 0) is 12.1 Å². The number of ether oxygens (including phenoxy) is 1. The van der Waals surface area contributed by atoms with Gasteiger partial charge < -0.3 is 9.15 Å². The van der Waals surface area contributed by atoms with Crippen molar-refractivity contribution in [3.63, 3.8) is 0 Å². The summed E-state index contributed by atoms with van der Waals surface area (Å²) in [6.07, 6.45) is 2.57. The van der Waals surface area contributed by atoms with Gasteiger partial charge in [0.1, 0.15) is 9.52 Å². The van der Waals surface area contributed by atoms with Crippen LogP contribution >= 0.6 is 0 Å². The molecule has 0 saturated carbocycles. The van der Waals surface area contributed by atoms with Gasteiger partial charge in [0.25, 0.3) is 0 Å². The highest BCUT2D eigenvalue weighted by Crippen LogP contribution is 1.80. The average molecular weight is 142 g/mol. The maximum Gasteiger partial charge on any atom is 0.129 e. The minimum Gasteiger partial charge on any atom is -0.475 e. The fraction of sp³-hybridized carbons (Fsp3) is 0.333. The molecule has 0 radical (unpaired) electrons. The Morgan fingerprint density at radius 3 is 3.22 bits per heavy atom. The zero-order chi connectivity index (χ0) is 6.53. The molecular formula is C6H10O2Si. The van der Waals surface area contributed by atoms with Crippen LogP contribution < -0.4 is 5.38 Å². The summed E-state index contributed by atoms with van der Waals surface area (Å²) in [5.41, 5.74) is 0. The zero-order valence-corrected chi connectivity index (χ0v) is 6.88. The molecule has 0 amide bonds. The molecule has 50 valence electrons. The largest absolute Gasteiger partial charge is 0.475 e. The number of hydrogen-bond acceptors (Lipinski definition) is 2. The van der Waals surface area contributed by atoms with Gasteiger partial charge in [-0.1, -0.05) is 0 Å². The van der Waals surface area contributed by atoms with E-state index < -0.39 is 0 Å². The third-order valence-corrected chi connectivity index (χ3v) is 2.64. The fourth-order valence-electron chi connectivity index (χ4n) is 0.657.